The first-order valence-corrected chi connectivity index (χ1v) is 11.1. The third-order valence-corrected chi connectivity index (χ3v) is 5.25. The molecular weight excluding hydrogens is 410 g/mol. The summed E-state index contributed by atoms with van der Waals surface area (Å²) in [5.41, 5.74) is 6.65. The normalized spacial score (nSPS) is 12.8. The van der Waals surface area contributed by atoms with Crippen LogP contribution in [-0.4, -0.2) is 22.3 Å². The molecule has 0 unspecified atom stereocenters. The van der Waals surface area contributed by atoms with E-state index in [1.54, 1.807) is 24.4 Å². The Balaban J connectivity index is 2.13. The zero-order valence-corrected chi connectivity index (χ0v) is 20.2. The Bertz CT molecular complexity index is 1130. The summed E-state index contributed by atoms with van der Waals surface area (Å²) >= 11 is 0. The van der Waals surface area contributed by atoms with Gasteiger partial charge in [-0.25, -0.2) is 4.99 Å². The maximum atomic E-state index is 11.1. The predicted molar refractivity (Wildman–Crippen MR) is 137 cm³/mol. The number of hydrogen-bond donors (Lipinski definition) is 3. The first-order valence-electron chi connectivity index (χ1n) is 11.1. The number of phenolic OH excluding ortho intramolecular Hbond substituents is 2. The number of hydrazone groups is 1. The highest BCUT2D eigenvalue weighted by Gasteiger charge is 2.27. The van der Waals surface area contributed by atoms with Crippen molar-refractivity contribution in [1.82, 2.24) is 5.43 Å². The zero-order chi connectivity index (χ0) is 24.2. The summed E-state index contributed by atoms with van der Waals surface area (Å²) in [4.78, 5) is 4.81. The first-order chi connectivity index (χ1) is 15.4. The Morgan fingerprint density at radius 2 is 1.39 bits per heavy atom. The highest BCUT2D eigenvalue weighted by Crippen LogP contribution is 2.40. The molecule has 0 amide bonds. The SMILES string of the molecule is CC(C)(C)c1cc(C(=Nc2ccccc2)NN=Cc2cccc(O)c2)cc(C(C)(C)C)c1O. The second-order valence-corrected chi connectivity index (χ2v) is 10.2. The molecule has 3 rings (SSSR count). The van der Waals surface area contributed by atoms with Crippen LogP contribution in [0.3, 0.4) is 0 Å². The molecule has 5 heteroatoms. The zero-order valence-electron chi connectivity index (χ0n) is 20.2. The number of benzene rings is 3. The van der Waals surface area contributed by atoms with Gasteiger partial charge in [0, 0.05) is 16.7 Å². The van der Waals surface area contributed by atoms with E-state index >= 15 is 0 Å². The maximum Gasteiger partial charge on any atom is 0.154 e. The van der Waals surface area contributed by atoms with Gasteiger partial charge in [0.25, 0.3) is 0 Å². The van der Waals surface area contributed by atoms with Gasteiger partial charge in [-0.15, -0.1) is 0 Å². The molecule has 0 heterocycles. The van der Waals surface area contributed by atoms with E-state index in [9.17, 15) is 10.2 Å². The van der Waals surface area contributed by atoms with Crippen molar-refractivity contribution in [2.75, 3.05) is 0 Å². The summed E-state index contributed by atoms with van der Waals surface area (Å²) in [7, 11) is 0. The lowest BCUT2D eigenvalue weighted by Gasteiger charge is -2.28. The molecule has 0 atom stereocenters. The number of para-hydroxylation sites is 1. The molecule has 0 fully saturated rings. The molecule has 0 aliphatic carbocycles. The van der Waals surface area contributed by atoms with E-state index in [0.29, 0.717) is 11.6 Å². The van der Waals surface area contributed by atoms with Crippen molar-refractivity contribution in [3.8, 4) is 11.5 Å². The third-order valence-electron chi connectivity index (χ3n) is 5.25. The molecule has 0 radical (unpaired) electrons. The molecule has 3 aromatic carbocycles. The van der Waals surface area contributed by atoms with E-state index < -0.39 is 0 Å². The number of nitrogens with one attached hydrogen (secondary N) is 1. The van der Waals surface area contributed by atoms with Gasteiger partial charge < -0.3 is 10.2 Å². The van der Waals surface area contributed by atoms with E-state index in [1.165, 1.54) is 0 Å². The largest absolute Gasteiger partial charge is 0.508 e. The van der Waals surface area contributed by atoms with Gasteiger partial charge in [-0.05, 0) is 52.8 Å². The number of rotatable bonds is 4. The number of aliphatic imine (C=N–C) groups is 1. The summed E-state index contributed by atoms with van der Waals surface area (Å²) < 4.78 is 0. The fourth-order valence-corrected chi connectivity index (χ4v) is 3.47. The van der Waals surface area contributed by atoms with Crippen LogP contribution in [0.4, 0.5) is 5.69 Å². The maximum absolute atomic E-state index is 11.1. The summed E-state index contributed by atoms with van der Waals surface area (Å²) in [5.74, 6) is 1.06. The van der Waals surface area contributed by atoms with Crippen molar-refractivity contribution in [2.24, 2.45) is 10.1 Å². The van der Waals surface area contributed by atoms with Crippen molar-refractivity contribution in [1.29, 1.82) is 0 Å². The summed E-state index contributed by atoms with van der Waals surface area (Å²) in [6, 6.07) is 20.5. The highest BCUT2D eigenvalue weighted by atomic mass is 16.3. The Hall–Kier alpha value is -3.60. The molecule has 0 aliphatic rings. The summed E-state index contributed by atoms with van der Waals surface area (Å²) in [6.45, 7) is 12.5. The molecule has 0 aliphatic heterocycles. The van der Waals surface area contributed by atoms with Gasteiger partial charge in [-0.3, -0.25) is 5.43 Å². The van der Waals surface area contributed by atoms with Crippen LogP contribution in [-0.2, 0) is 10.8 Å². The first kappa shape index (κ1) is 24.1. The fourth-order valence-electron chi connectivity index (χ4n) is 3.47. The van der Waals surface area contributed by atoms with E-state index in [4.69, 9.17) is 4.99 Å². The van der Waals surface area contributed by atoms with Gasteiger partial charge in [0.05, 0.1) is 11.9 Å². The van der Waals surface area contributed by atoms with Crippen LogP contribution in [0.15, 0.2) is 76.8 Å². The van der Waals surface area contributed by atoms with Gasteiger partial charge >= 0.3 is 0 Å². The minimum absolute atomic E-state index is 0.181. The number of nitrogens with zero attached hydrogens (tertiary/aromatic N) is 2. The molecule has 0 saturated carbocycles. The molecular formula is C28H33N3O2. The molecule has 0 aromatic heterocycles. The van der Waals surface area contributed by atoms with Crippen LogP contribution in [0.5, 0.6) is 11.5 Å². The second-order valence-electron chi connectivity index (χ2n) is 10.2. The average Bonchev–Trinajstić information content (AvgIpc) is 2.72. The monoisotopic (exact) mass is 443 g/mol. The van der Waals surface area contributed by atoms with E-state index in [0.717, 1.165) is 27.9 Å². The van der Waals surface area contributed by atoms with E-state index in [-0.39, 0.29) is 16.6 Å². The van der Waals surface area contributed by atoms with Gasteiger partial charge in [0.2, 0.25) is 0 Å². The van der Waals surface area contributed by atoms with Crippen LogP contribution in [0.25, 0.3) is 0 Å². The number of phenols is 2. The summed E-state index contributed by atoms with van der Waals surface area (Å²) in [6.07, 6.45) is 1.63. The molecule has 0 saturated heterocycles. The van der Waals surface area contributed by atoms with Crippen molar-refractivity contribution in [3.63, 3.8) is 0 Å². The molecule has 5 nitrogen and oxygen atoms in total. The van der Waals surface area contributed by atoms with Crippen LogP contribution >= 0.6 is 0 Å². The average molecular weight is 444 g/mol. The second kappa shape index (κ2) is 9.49. The number of amidine groups is 1. The molecule has 33 heavy (non-hydrogen) atoms. The molecule has 0 bridgehead atoms. The van der Waals surface area contributed by atoms with Gasteiger partial charge in [-0.1, -0.05) is 71.9 Å². The minimum Gasteiger partial charge on any atom is -0.508 e. The van der Waals surface area contributed by atoms with E-state index in [1.807, 2.05) is 48.5 Å². The fraction of sp³-hybridized carbons (Fsp3) is 0.286. The van der Waals surface area contributed by atoms with Crippen LogP contribution in [0, 0.1) is 0 Å². The minimum atomic E-state index is -0.261. The lowest BCUT2D eigenvalue weighted by atomic mass is 9.78. The lowest BCUT2D eigenvalue weighted by molar-refractivity contribution is 0.423. The standard InChI is InChI=1S/C28H33N3O2/c1-27(2,3)23-16-20(17-24(25(23)33)28(4,5)6)26(30-21-12-8-7-9-13-21)31-29-18-19-11-10-14-22(32)15-19/h7-18,32-33H,1-6H3,(H,30,31). The van der Waals surface area contributed by atoms with Crippen molar-refractivity contribution in [2.45, 2.75) is 52.4 Å². The molecule has 0 spiro atoms. The Kier molecular flexibility index (Phi) is 6.92. The van der Waals surface area contributed by atoms with Gasteiger partial charge in [0.1, 0.15) is 11.5 Å². The molecule has 3 N–H and O–H groups in total. The van der Waals surface area contributed by atoms with E-state index in [2.05, 4.69) is 52.1 Å². The quantitative estimate of drug-likeness (QED) is 0.248. The lowest BCUT2D eigenvalue weighted by Crippen LogP contribution is -2.23. The van der Waals surface area contributed by atoms with Gasteiger partial charge in [-0.2, -0.15) is 5.10 Å². The Morgan fingerprint density at radius 1 is 0.788 bits per heavy atom. The highest BCUT2D eigenvalue weighted by molar-refractivity contribution is 6.01. The van der Waals surface area contributed by atoms with Gasteiger partial charge in [0.15, 0.2) is 5.84 Å². The van der Waals surface area contributed by atoms with Crippen molar-refractivity contribution >= 4 is 17.7 Å². The number of hydrogen-bond acceptors (Lipinski definition) is 4. The van der Waals surface area contributed by atoms with Crippen molar-refractivity contribution in [3.05, 3.63) is 89.0 Å². The number of aromatic hydroxyl groups is 2. The van der Waals surface area contributed by atoms with Crippen LogP contribution in [0.2, 0.25) is 0 Å². The van der Waals surface area contributed by atoms with Crippen LogP contribution in [0.1, 0.15) is 63.8 Å². The predicted octanol–water partition coefficient (Wildman–Crippen LogP) is 6.39. The smallest absolute Gasteiger partial charge is 0.154 e. The van der Waals surface area contributed by atoms with Crippen molar-refractivity contribution < 1.29 is 10.2 Å². The Labute approximate surface area is 196 Å². The summed E-state index contributed by atoms with van der Waals surface area (Å²) in [5, 5.41) is 25.2. The molecule has 172 valence electrons. The topological polar surface area (TPSA) is 77.2 Å². The van der Waals surface area contributed by atoms with Crippen LogP contribution < -0.4 is 5.43 Å². The molecule has 3 aromatic rings. The Morgan fingerprint density at radius 3 is 1.94 bits per heavy atom. The third kappa shape index (κ3) is 6.22.